The monoisotopic (exact) mass is 384 g/mol. The molecule has 0 saturated heterocycles. The van der Waals surface area contributed by atoms with Gasteiger partial charge in [-0.25, -0.2) is 9.97 Å². The van der Waals surface area contributed by atoms with Crippen molar-refractivity contribution in [1.29, 1.82) is 0 Å². The summed E-state index contributed by atoms with van der Waals surface area (Å²) in [5, 5.41) is 4.35. The lowest BCUT2D eigenvalue weighted by Gasteiger charge is -2.04. The van der Waals surface area contributed by atoms with Crippen LogP contribution in [0, 0.1) is 0 Å². The second-order valence-corrected chi connectivity index (χ2v) is 7.23. The van der Waals surface area contributed by atoms with E-state index in [-0.39, 0.29) is 0 Å². The van der Waals surface area contributed by atoms with Gasteiger partial charge in [-0.1, -0.05) is 48.5 Å². The Labute approximate surface area is 172 Å². The van der Waals surface area contributed by atoms with Gasteiger partial charge in [-0.3, -0.25) is 9.97 Å². The van der Waals surface area contributed by atoms with Crippen LogP contribution < -0.4 is 0 Å². The van der Waals surface area contributed by atoms with Crippen LogP contribution in [0.3, 0.4) is 0 Å². The van der Waals surface area contributed by atoms with Gasteiger partial charge >= 0.3 is 0 Å². The van der Waals surface area contributed by atoms with E-state index in [9.17, 15) is 0 Å². The van der Waals surface area contributed by atoms with Crippen LogP contribution in [0.15, 0.2) is 85.2 Å². The predicted molar refractivity (Wildman–Crippen MR) is 123 cm³/mol. The van der Waals surface area contributed by atoms with E-state index in [0.29, 0.717) is 0 Å². The number of fused-ring (bicyclic) bond motifs is 6. The van der Waals surface area contributed by atoms with E-state index in [1.165, 1.54) is 0 Å². The number of aromatic nitrogens is 4. The van der Waals surface area contributed by atoms with Gasteiger partial charge in [-0.15, -0.1) is 0 Å². The zero-order valence-corrected chi connectivity index (χ0v) is 16.0. The van der Waals surface area contributed by atoms with Crippen molar-refractivity contribution in [3.63, 3.8) is 0 Å². The van der Waals surface area contributed by atoms with E-state index in [4.69, 9.17) is 9.97 Å². The predicted octanol–water partition coefficient (Wildman–Crippen LogP) is 6.05. The number of benzene rings is 2. The summed E-state index contributed by atoms with van der Waals surface area (Å²) in [4.78, 5) is 18.7. The molecule has 0 fully saturated rings. The Bertz CT molecular complexity index is 1480. The maximum absolute atomic E-state index is 4.84. The van der Waals surface area contributed by atoms with E-state index in [0.717, 1.165) is 55.0 Å². The maximum atomic E-state index is 4.84. The summed E-state index contributed by atoms with van der Waals surface area (Å²) >= 11 is 0. The Kier molecular flexibility index (Phi) is 3.74. The molecule has 0 aliphatic carbocycles. The average molecular weight is 384 g/mol. The van der Waals surface area contributed by atoms with Crippen molar-refractivity contribution in [3.05, 3.63) is 96.6 Å². The molecule has 0 aliphatic heterocycles. The highest BCUT2D eigenvalue weighted by Gasteiger charge is 2.05. The Balaban J connectivity index is 1.44. The molecule has 0 spiro atoms. The fraction of sp³-hybridized carbons (Fsp3) is 0. The quantitative estimate of drug-likeness (QED) is 0.341. The summed E-state index contributed by atoms with van der Waals surface area (Å²) in [5.74, 6) is 0. The first kappa shape index (κ1) is 16.7. The Hall–Kier alpha value is -4.18. The van der Waals surface area contributed by atoms with Gasteiger partial charge in [-0.05, 0) is 36.4 Å². The molecule has 0 N–H and O–H groups in total. The molecule has 0 saturated carbocycles. The SMILES string of the molecule is C(=C\c1ccc2ccc3cccnc3c2n1)/c1ccc2ccc3cccnc3c2n1. The molecule has 0 aliphatic rings. The van der Waals surface area contributed by atoms with Crippen LogP contribution in [0.2, 0.25) is 0 Å². The molecule has 30 heavy (non-hydrogen) atoms. The average Bonchev–Trinajstić information content (AvgIpc) is 2.82. The van der Waals surface area contributed by atoms with Gasteiger partial charge in [0.25, 0.3) is 0 Å². The fourth-order valence-corrected chi connectivity index (χ4v) is 3.83. The standard InChI is InChI=1S/C26H16N4/c1-3-17-5-7-19-9-11-21(29-25(19)23(17)27-15-1)13-14-22-12-10-20-8-6-18-4-2-16-28-24(18)26(20)30-22/h1-16H/b14-13+. The van der Waals surface area contributed by atoms with Crippen molar-refractivity contribution in [2.24, 2.45) is 0 Å². The normalized spacial score (nSPS) is 11.9. The molecule has 0 radical (unpaired) electrons. The highest BCUT2D eigenvalue weighted by molar-refractivity contribution is 6.04. The maximum Gasteiger partial charge on any atom is 0.0971 e. The zero-order chi connectivity index (χ0) is 19.9. The van der Waals surface area contributed by atoms with Crippen LogP contribution in [0.5, 0.6) is 0 Å². The summed E-state index contributed by atoms with van der Waals surface area (Å²) in [7, 11) is 0. The number of nitrogens with zero attached hydrogens (tertiary/aromatic N) is 4. The topological polar surface area (TPSA) is 51.6 Å². The molecule has 4 nitrogen and oxygen atoms in total. The zero-order valence-electron chi connectivity index (χ0n) is 16.0. The highest BCUT2D eigenvalue weighted by Crippen LogP contribution is 2.24. The minimum Gasteiger partial charge on any atom is -0.254 e. The van der Waals surface area contributed by atoms with Gasteiger partial charge in [0.1, 0.15) is 0 Å². The minimum absolute atomic E-state index is 0.874. The Morgan fingerprint density at radius 2 is 0.833 bits per heavy atom. The summed E-state index contributed by atoms with van der Waals surface area (Å²) < 4.78 is 0. The molecule has 4 heterocycles. The van der Waals surface area contributed by atoms with Crippen molar-refractivity contribution in [3.8, 4) is 0 Å². The van der Waals surface area contributed by atoms with Crippen molar-refractivity contribution < 1.29 is 0 Å². The van der Waals surface area contributed by atoms with E-state index < -0.39 is 0 Å². The molecule has 0 bridgehead atoms. The third kappa shape index (κ3) is 2.78. The lowest BCUT2D eigenvalue weighted by molar-refractivity contribution is 1.34. The molecule has 0 amide bonds. The van der Waals surface area contributed by atoms with Gasteiger partial charge in [0.2, 0.25) is 0 Å². The first-order chi connectivity index (χ1) is 14.8. The summed E-state index contributed by atoms with van der Waals surface area (Å²) in [5.41, 5.74) is 5.42. The summed E-state index contributed by atoms with van der Waals surface area (Å²) in [6.45, 7) is 0. The molecular formula is C26H16N4. The van der Waals surface area contributed by atoms with E-state index in [2.05, 4.69) is 58.5 Å². The van der Waals surface area contributed by atoms with Crippen molar-refractivity contribution >= 4 is 55.8 Å². The molecule has 4 heteroatoms. The molecule has 6 aromatic rings. The largest absolute Gasteiger partial charge is 0.254 e. The second-order valence-electron chi connectivity index (χ2n) is 7.23. The van der Waals surface area contributed by atoms with Crippen LogP contribution >= 0.6 is 0 Å². The Morgan fingerprint density at radius 3 is 1.30 bits per heavy atom. The van der Waals surface area contributed by atoms with Crippen molar-refractivity contribution in [1.82, 2.24) is 19.9 Å². The van der Waals surface area contributed by atoms with Crippen molar-refractivity contribution in [2.45, 2.75) is 0 Å². The third-order valence-corrected chi connectivity index (χ3v) is 5.33. The van der Waals surface area contributed by atoms with Crippen LogP contribution in [-0.2, 0) is 0 Å². The molecule has 4 aromatic heterocycles. The summed E-state index contributed by atoms with van der Waals surface area (Å²) in [6.07, 6.45) is 7.61. The molecule has 0 unspecified atom stereocenters. The van der Waals surface area contributed by atoms with Crippen molar-refractivity contribution in [2.75, 3.05) is 0 Å². The van der Waals surface area contributed by atoms with Gasteiger partial charge < -0.3 is 0 Å². The van der Waals surface area contributed by atoms with Gasteiger partial charge in [0, 0.05) is 33.9 Å². The van der Waals surface area contributed by atoms with E-state index in [1.54, 1.807) is 0 Å². The minimum atomic E-state index is 0.874. The fourth-order valence-electron chi connectivity index (χ4n) is 3.83. The molecule has 6 rings (SSSR count). The Morgan fingerprint density at radius 1 is 0.433 bits per heavy atom. The molecule has 140 valence electrons. The lowest BCUT2D eigenvalue weighted by atomic mass is 10.1. The van der Waals surface area contributed by atoms with Gasteiger partial charge in [-0.2, -0.15) is 0 Å². The van der Waals surface area contributed by atoms with E-state index in [1.807, 2.05) is 48.8 Å². The third-order valence-electron chi connectivity index (χ3n) is 5.33. The first-order valence-electron chi connectivity index (χ1n) is 9.82. The number of rotatable bonds is 2. The van der Waals surface area contributed by atoms with Crippen LogP contribution in [0.25, 0.3) is 55.8 Å². The number of hydrogen-bond donors (Lipinski definition) is 0. The molecule has 0 atom stereocenters. The lowest BCUT2D eigenvalue weighted by Crippen LogP contribution is -1.89. The number of hydrogen-bond acceptors (Lipinski definition) is 4. The van der Waals surface area contributed by atoms with Crippen LogP contribution in [0.1, 0.15) is 11.4 Å². The first-order valence-corrected chi connectivity index (χ1v) is 9.82. The second kappa shape index (κ2) is 6.71. The van der Waals surface area contributed by atoms with E-state index >= 15 is 0 Å². The highest BCUT2D eigenvalue weighted by atomic mass is 14.8. The summed E-state index contributed by atoms with van der Waals surface area (Å²) in [6, 6.07) is 24.6. The molecular weight excluding hydrogens is 368 g/mol. The number of pyridine rings is 4. The van der Waals surface area contributed by atoms with Gasteiger partial charge in [0.15, 0.2) is 0 Å². The van der Waals surface area contributed by atoms with Crippen LogP contribution in [0.4, 0.5) is 0 Å². The van der Waals surface area contributed by atoms with Crippen LogP contribution in [-0.4, -0.2) is 19.9 Å². The smallest absolute Gasteiger partial charge is 0.0971 e. The molecule has 2 aromatic carbocycles. The van der Waals surface area contributed by atoms with Gasteiger partial charge in [0.05, 0.1) is 33.5 Å².